The van der Waals surface area contributed by atoms with E-state index < -0.39 is 5.60 Å². The Bertz CT molecular complexity index is 754. The van der Waals surface area contributed by atoms with Gasteiger partial charge in [-0.2, -0.15) is 0 Å². The van der Waals surface area contributed by atoms with Gasteiger partial charge in [0.05, 0.1) is 5.60 Å². The molecule has 6 bridgehead atoms. The number of benzene rings is 1. The van der Waals surface area contributed by atoms with Crippen LogP contribution in [0.2, 0.25) is 0 Å². The van der Waals surface area contributed by atoms with E-state index in [1.807, 2.05) is 30.3 Å². The number of hydrogen-bond donors (Lipinski definition) is 2. The van der Waals surface area contributed by atoms with Gasteiger partial charge in [0.1, 0.15) is 11.9 Å². The van der Waals surface area contributed by atoms with Crippen molar-refractivity contribution in [1.82, 2.24) is 10.2 Å². The summed E-state index contributed by atoms with van der Waals surface area (Å²) >= 11 is 0. The monoisotopic (exact) mass is 396 g/mol. The second-order valence-corrected chi connectivity index (χ2v) is 10.5. The number of carbonyl (C=O) groups excluding carboxylic acids is 1. The zero-order chi connectivity index (χ0) is 19.6. The number of fused-ring (bicyclic) bond motifs is 2. The summed E-state index contributed by atoms with van der Waals surface area (Å²) in [6, 6.07) is 11.0. The largest absolute Gasteiger partial charge is 0.490 e. The number of hydrogen-bond acceptors (Lipinski definition) is 3. The van der Waals surface area contributed by atoms with Crippen LogP contribution in [0.5, 0.6) is 5.75 Å². The number of piperidine rings is 1. The van der Waals surface area contributed by atoms with Crippen LogP contribution in [-0.4, -0.2) is 45.9 Å². The van der Waals surface area contributed by atoms with Crippen molar-refractivity contribution in [3.05, 3.63) is 30.3 Å². The molecule has 2 heterocycles. The molecule has 0 radical (unpaired) electrons. The van der Waals surface area contributed by atoms with Gasteiger partial charge in [-0.05, 0) is 74.8 Å². The number of para-hydroxylation sites is 1. The van der Waals surface area contributed by atoms with Crippen molar-refractivity contribution >= 4 is 6.03 Å². The fourth-order valence-corrected chi connectivity index (χ4v) is 7.68. The SMILES string of the molecule is O=C(NC1C2CC3CC1CC(O)(C3)C2)N1[C@@H]2CC[C@H]1C[C@H](Oc1ccccc1)C2. The number of nitrogens with zero attached hydrogens (tertiary/aromatic N) is 1. The van der Waals surface area contributed by atoms with Crippen LogP contribution in [0.1, 0.15) is 57.8 Å². The molecule has 156 valence electrons. The molecule has 5 heteroatoms. The van der Waals surface area contributed by atoms with Crippen molar-refractivity contribution in [1.29, 1.82) is 0 Å². The predicted octanol–water partition coefficient (Wildman–Crippen LogP) is 3.71. The first-order valence-corrected chi connectivity index (χ1v) is 11.6. The zero-order valence-corrected chi connectivity index (χ0v) is 17.0. The van der Waals surface area contributed by atoms with Crippen molar-refractivity contribution in [2.75, 3.05) is 0 Å². The first-order chi connectivity index (χ1) is 14.1. The third kappa shape index (κ3) is 3.13. The summed E-state index contributed by atoms with van der Waals surface area (Å²) in [5, 5.41) is 14.3. The number of nitrogens with one attached hydrogen (secondary N) is 1. The normalized spacial score (nSPS) is 44.7. The van der Waals surface area contributed by atoms with Crippen molar-refractivity contribution in [2.45, 2.75) is 87.6 Å². The standard InChI is InChI=1S/C24H32N2O3/c27-23(25-22-16-8-15-9-17(22)14-24(28,12-15)13-16)26-18-6-7-19(26)11-21(10-18)29-20-4-2-1-3-5-20/h1-5,15-19,21-22,28H,6-14H2,(H,25,27)/t15?,16?,17?,18-,19+,21-,22?,24?. The van der Waals surface area contributed by atoms with Gasteiger partial charge in [0.15, 0.2) is 0 Å². The Kier molecular flexibility index (Phi) is 4.13. The van der Waals surface area contributed by atoms with Crippen molar-refractivity contribution in [3.8, 4) is 5.75 Å². The maximum atomic E-state index is 13.3. The number of ether oxygens (including phenoxy) is 1. The number of rotatable bonds is 3. The Morgan fingerprint density at radius 3 is 2.28 bits per heavy atom. The second kappa shape index (κ2) is 6.63. The summed E-state index contributed by atoms with van der Waals surface area (Å²) in [5.41, 5.74) is -0.441. The lowest BCUT2D eigenvalue weighted by Gasteiger charge is -2.58. The molecule has 4 saturated carbocycles. The quantitative estimate of drug-likeness (QED) is 0.819. The maximum absolute atomic E-state index is 13.3. The molecule has 2 aliphatic heterocycles. The Balaban J connectivity index is 1.11. The van der Waals surface area contributed by atoms with Gasteiger partial charge in [0, 0.05) is 31.0 Å². The fraction of sp³-hybridized carbons (Fsp3) is 0.708. The lowest BCUT2D eigenvalue weighted by molar-refractivity contribution is -0.137. The topological polar surface area (TPSA) is 61.8 Å². The Labute approximate surface area is 172 Å². The Morgan fingerprint density at radius 1 is 1.00 bits per heavy atom. The highest BCUT2D eigenvalue weighted by molar-refractivity contribution is 5.76. The molecule has 0 spiro atoms. The van der Waals surface area contributed by atoms with E-state index >= 15 is 0 Å². The lowest BCUT2D eigenvalue weighted by atomic mass is 9.52. The molecule has 2 amide bonds. The van der Waals surface area contributed by atoms with Crippen LogP contribution in [0.15, 0.2) is 30.3 Å². The first kappa shape index (κ1) is 18.1. The summed E-state index contributed by atoms with van der Waals surface area (Å²) < 4.78 is 6.22. The van der Waals surface area contributed by atoms with E-state index in [0.717, 1.165) is 50.7 Å². The van der Waals surface area contributed by atoms with Gasteiger partial charge >= 0.3 is 6.03 Å². The smallest absolute Gasteiger partial charge is 0.318 e. The molecule has 1 aromatic rings. The second-order valence-electron chi connectivity index (χ2n) is 10.5. The molecule has 2 saturated heterocycles. The van der Waals surface area contributed by atoms with Crippen molar-refractivity contribution in [3.63, 3.8) is 0 Å². The number of aliphatic hydroxyl groups is 1. The van der Waals surface area contributed by atoms with Gasteiger partial charge in [-0.1, -0.05) is 18.2 Å². The van der Waals surface area contributed by atoms with E-state index in [9.17, 15) is 9.90 Å². The summed E-state index contributed by atoms with van der Waals surface area (Å²) in [7, 11) is 0. The van der Waals surface area contributed by atoms with Crippen LogP contribution in [0, 0.1) is 17.8 Å². The molecular formula is C24H32N2O3. The molecule has 0 aromatic heterocycles. The van der Waals surface area contributed by atoms with E-state index in [4.69, 9.17) is 4.74 Å². The van der Waals surface area contributed by atoms with Gasteiger partial charge in [0.25, 0.3) is 0 Å². The Hall–Kier alpha value is -1.75. The molecule has 5 nitrogen and oxygen atoms in total. The highest BCUT2D eigenvalue weighted by Gasteiger charge is 2.55. The van der Waals surface area contributed by atoms with E-state index in [-0.39, 0.29) is 18.2 Å². The number of carbonyl (C=O) groups is 1. The van der Waals surface area contributed by atoms with Gasteiger partial charge in [0.2, 0.25) is 0 Å². The average Bonchev–Trinajstić information content (AvgIpc) is 2.95. The van der Waals surface area contributed by atoms with E-state index in [2.05, 4.69) is 10.2 Å². The molecule has 7 rings (SSSR count). The van der Waals surface area contributed by atoms with Crippen LogP contribution in [0.3, 0.4) is 0 Å². The van der Waals surface area contributed by atoms with Gasteiger partial charge < -0.3 is 20.1 Å². The third-order valence-corrected chi connectivity index (χ3v) is 8.50. The molecule has 2 N–H and O–H groups in total. The number of urea groups is 1. The molecule has 5 atom stereocenters. The Morgan fingerprint density at radius 2 is 1.66 bits per heavy atom. The summed E-state index contributed by atoms with van der Waals surface area (Å²) in [6.45, 7) is 0. The fourth-order valence-electron chi connectivity index (χ4n) is 7.68. The summed E-state index contributed by atoms with van der Waals surface area (Å²) in [5.74, 6) is 2.53. The molecular weight excluding hydrogens is 364 g/mol. The van der Waals surface area contributed by atoms with Crippen molar-refractivity contribution in [2.24, 2.45) is 17.8 Å². The molecule has 6 aliphatic rings. The molecule has 6 fully saturated rings. The first-order valence-electron chi connectivity index (χ1n) is 11.6. The van der Waals surface area contributed by atoms with Gasteiger partial charge in [-0.25, -0.2) is 4.79 Å². The van der Waals surface area contributed by atoms with Crippen LogP contribution < -0.4 is 10.1 Å². The molecule has 4 aliphatic carbocycles. The zero-order valence-electron chi connectivity index (χ0n) is 17.0. The average molecular weight is 397 g/mol. The number of amides is 2. The van der Waals surface area contributed by atoms with Gasteiger partial charge in [-0.15, -0.1) is 0 Å². The third-order valence-electron chi connectivity index (χ3n) is 8.50. The van der Waals surface area contributed by atoms with Crippen molar-refractivity contribution < 1.29 is 14.6 Å². The predicted molar refractivity (Wildman–Crippen MR) is 110 cm³/mol. The summed E-state index contributed by atoms with van der Waals surface area (Å²) in [6.07, 6.45) is 9.35. The highest BCUT2D eigenvalue weighted by Crippen LogP contribution is 2.55. The minimum atomic E-state index is -0.441. The lowest BCUT2D eigenvalue weighted by Crippen LogP contribution is -2.64. The van der Waals surface area contributed by atoms with Crippen LogP contribution in [-0.2, 0) is 0 Å². The molecule has 29 heavy (non-hydrogen) atoms. The summed E-state index contributed by atoms with van der Waals surface area (Å²) in [4.78, 5) is 15.5. The van der Waals surface area contributed by atoms with E-state index in [1.54, 1.807) is 0 Å². The minimum absolute atomic E-state index is 0.139. The molecule has 1 aromatic carbocycles. The van der Waals surface area contributed by atoms with Crippen LogP contribution in [0.25, 0.3) is 0 Å². The maximum Gasteiger partial charge on any atom is 0.318 e. The van der Waals surface area contributed by atoms with Gasteiger partial charge in [-0.3, -0.25) is 0 Å². The minimum Gasteiger partial charge on any atom is -0.490 e. The van der Waals surface area contributed by atoms with Crippen LogP contribution in [0.4, 0.5) is 4.79 Å². The van der Waals surface area contributed by atoms with E-state index in [0.29, 0.717) is 29.8 Å². The molecule has 2 unspecified atom stereocenters. The highest BCUT2D eigenvalue weighted by atomic mass is 16.5. The van der Waals surface area contributed by atoms with Crippen LogP contribution >= 0.6 is 0 Å². The van der Waals surface area contributed by atoms with E-state index in [1.165, 1.54) is 12.8 Å².